The third kappa shape index (κ3) is 4.05. The molecule has 1 aromatic carbocycles. The summed E-state index contributed by atoms with van der Waals surface area (Å²) in [6.45, 7) is 5.24. The molecule has 1 saturated heterocycles. The maximum absolute atomic E-state index is 11.5. The minimum absolute atomic E-state index is 0.107. The van der Waals surface area contributed by atoms with E-state index in [1.807, 2.05) is 12.1 Å². The van der Waals surface area contributed by atoms with Gasteiger partial charge in [-0.25, -0.2) is 21.6 Å². The van der Waals surface area contributed by atoms with Gasteiger partial charge in [-0.15, -0.1) is 0 Å². The molecular formula is C17H27N3O4S2. The van der Waals surface area contributed by atoms with Gasteiger partial charge in [0.2, 0.25) is 20.0 Å². The molecule has 0 aromatic heterocycles. The van der Waals surface area contributed by atoms with Gasteiger partial charge < -0.3 is 4.90 Å². The molecule has 0 radical (unpaired) electrons. The highest BCUT2D eigenvalue weighted by atomic mass is 32.2. The highest BCUT2D eigenvalue weighted by Crippen LogP contribution is 2.65. The molecule has 2 N–H and O–H groups in total. The van der Waals surface area contributed by atoms with Crippen LogP contribution in [0.1, 0.15) is 18.9 Å². The first kappa shape index (κ1) is 19.6. The minimum Gasteiger partial charge on any atom is -0.301 e. The molecule has 3 rings (SSSR count). The highest BCUT2D eigenvalue weighted by Gasteiger charge is 2.67. The van der Waals surface area contributed by atoms with E-state index in [1.165, 1.54) is 11.8 Å². The molecule has 1 aliphatic carbocycles. The molecule has 1 aromatic rings. The number of nitrogens with zero attached hydrogens (tertiary/aromatic N) is 1. The molecule has 9 heteroatoms. The number of rotatable bonds is 8. The summed E-state index contributed by atoms with van der Waals surface area (Å²) in [6, 6.07) is 7.72. The van der Waals surface area contributed by atoms with Gasteiger partial charge in [-0.3, -0.25) is 4.72 Å². The van der Waals surface area contributed by atoms with Gasteiger partial charge in [0.25, 0.3) is 0 Å². The van der Waals surface area contributed by atoms with Crippen LogP contribution in [0.5, 0.6) is 0 Å². The molecule has 7 nitrogen and oxygen atoms in total. The number of fused-ring (bicyclic) bond motifs is 1. The van der Waals surface area contributed by atoms with E-state index in [4.69, 9.17) is 0 Å². The Labute approximate surface area is 156 Å². The van der Waals surface area contributed by atoms with Crippen molar-refractivity contribution in [3.63, 3.8) is 0 Å². The van der Waals surface area contributed by atoms with Gasteiger partial charge in [-0.1, -0.05) is 19.1 Å². The van der Waals surface area contributed by atoms with Crippen LogP contribution in [0.3, 0.4) is 0 Å². The summed E-state index contributed by atoms with van der Waals surface area (Å²) in [4.78, 5) is 2.31. The number of hydrogen-bond acceptors (Lipinski definition) is 5. The summed E-state index contributed by atoms with van der Waals surface area (Å²) in [6.07, 6.45) is 3.34. The largest absolute Gasteiger partial charge is 0.301 e. The fraction of sp³-hybridized carbons (Fsp3) is 0.647. The predicted molar refractivity (Wildman–Crippen MR) is 103 cm³/mol. The van der Waals surface area contributed by atoms with E-state index in [-0.39, 0.29) is 5.41 Å². The van der Waals surface area contributed by atoms with Crippen LogP contribution in [0, 0.1) is 11.8 Å². The number of anilines is 1. The quantitative estimate of drug-likeness (QED) is 0.672. The van der Waals surface area contributed by atoms with Crippen LogP contribution in [0.2, 0.25) is 0 Å². The lowest BCUT2D eigenvalue weighted by Crippen LogP contribution is -2.36. The fourth-order valence-electron chi connectivity index (χ4n) is 4.63. The zero-order valence-corrected chi connectivity index (χ0v) is 17.0. The molecule has 0 amide bonds. The summed E-state index contributed by atoms with van der Waals surface area (Å²) < 4.78 is 50.4. The Bertz CT molecular complexity index is 871. The second kappa shape index (κ2) is 6.78. The van der Waals surface area contributed by atoms with Crippen molar-refractivity contribution in [2.24, 2.45) is 11.8 Å². The summed E-state index contributed by atoms with van der Waals surface area (Å²) in [7, 11) is -6.43. The van der Waals surface area contributed by atoms with E-state index in [2.05, 4.69) is 27.3 Å². The van der Waals surface area contributed by atoms with Gasteiger partial charge in [0.1, 0.15) is 0 Å². The summed E-state index contributed by atoms with van der Waals surface area (Å²) >= 11 is 0. The molecule has 0 spiro atoms. The molecule has 0 bridgehead atoms. The normalized spacial score (nSPS) is 28.7. The van der Waals surface area contributed by atoms with E-state index >= 15 is 0 Å². The van der Waals surface area contributed by atoms with Crippen LogP contribution in [-0.4, -0.2) is 60.4 Å². The molecule has 2 atom stereocenters. The van der Waals surface area contributed by atoms with Gasteiger partial charge in [0.15, 0.2) is 0 Å². The van der Waals surface area contributed by atoms with Gasteiger partial charge in [-0.05, 0) is 36.0 Å². The molecule has 146 valence electrons. The van der Waals surface area contributed by atoms with E-state index in [0.717, 1.165) is 32.3 Å². The molecule has 2 unspecified atom stereocenters. The highest BCUT2D eigenvalue weighted by molar-refractivity contribution is 7.92. The van der Waals surface area contributed by atoms with Crippen molar-refractivity contribution in [2.75, 3.05) is 43.4 Å². The number of hydrogen-bond donors (Lipinski definition) is 2. The second-order valence-corrected chi connectivity index (χ2v) is 11.1. The Morgan fingerprint density at radius 3 is 2.31 bits per heavy atom. The van der Waals surface area contributed by atoms with Crippen molar-refractivity contribution >= 4 is 25.7 Å². The molecule has 2 fully saturated rings. The number of sulfonamides is 2. The maximum Gasteiger partial charge on any atom is 0.229 e. The first-order chi connectivity index (χ1) is 12.0. The average Bonchev–Trinajstić information content (AvgIpc) is 2.89. The molecular weight excluding hydrogens is 374 g/mol. The van der Waals surface area contributed by atoms with Gasteiger partial charge >= 0.3 is 0 Å². The van der Waals surface area contributed by atoms with E-state index in [1.54, 1.807) is 6.07 Å². The number of benzene rings is 1. The molecule has 26 heavy (non-hydrogen) atoms. The Morgan fingerprint density at radius 2 is 1.77 bits per heavy atom. The van der Waals surface area contributed by atoms with Gasteiger partial charge in [0, 0.05) is 37.3 Å². The summed E-state index contributed by atoms with van der Waals surface area (Å²) in [5.41, 5.74) is 1.91. The van der Waals surface area contributed by atoms with Crippen molar-refractivity contribution in [3.05, 3.63) is 29.8 Å². The molecule has 1 aliphatic heterocycles. The minimum atomic E-state index is -3.29. The van der Waals surface area contributed by atoms with Crippen molar-refractivity contribution in [2.45, 2.75) is 18.8 Å². The van der Waals surface area contributed by atoms with Crippen molar-refractivity contribution < 1.29 is 16.8 Å². The van der Waals surface area contributed by atoms with Crippen LogP contribution < -0.4 is 9.44 Å². The Balaban J connectivity index is 1.66. The lowest BCUT2D eigenvalue weighted by Gasteiger charge is -2.26. The second-order valence-electron chi connectivity index (χ2n) is 7.49. The monoisotopic (exact) mass is 401 g/mol. The summed E-state index contributed by atoms with van der Waals surface area (Å²) in [5.74, 6) is 1.08. The van der Waals surface area contributed by atoms with Gasteiger partial charge in [-0.2, -0.15) is 0 Å². The van der Waals surface area contributed by atoms with Crippen molar-refractivity contribution in [1.82, 2.24) is 9.62 Å². The number of nitrogens with one attached hydrogen (secondary N) is 2. The zero-order chi connectivity index (χ0) is 19.2. The smallest absolute Gasteiger partial charge is 0.229 e. The Kier molecular flexibility index (Phi) is 5.11. The SMILES string of the molecule is CCC1(c2cccc(NS(C)(=O)=O)c2)C2CN(CCNS(C)(=O)=O)CC21. The molecule has 1 saturated carbocycles. The topological polar surface area (TPSA) is 95.6 Å². The maximum atomic E-state index is 11.5. The third-order valence-corrected chi connectivity index (χ3v) is 7.03. The fourth-order valence-corrected chi connectivity index (χ4v) is 5.65. The predicted octanol–water partition coefficient (Wildman–Crippen LogP) is 0.817. The Morgan fingerprint density at radius 1 is 1.12 bits per heavy atom. The summed E-state index contributed by atoms with van der Waals surface area (Å²) in [5, 5.41) is 0. The van der Waals surface area contributed by atoms with Crippen molar-refractivity contribution in [1.29, 1.82) is 0 Å². The van der Waals surface area contributed by atoms with Crippen LogP contribution in [0.25, 0.3) is 0 Å². The van der Waals surface area contributed by atoms with E-state index in [0.29, 0.717) is 24.1 Å². The van der Waals surface area contributed by atoms with Crippen LogP contribution >= 0.6 is 0 Å². The van der Waals surface area contributed by atoms with Crippen LogP contribution in [0.4, 0.5) is 5.69 Å². The first-order valence-corrected chi connectivity index (χ1v) is 12.6. The third-order valence-electron chi connectivity index (χ3n) is 5.69. The van der Waals surface area contributed by atoms with Crippen LogP contribution in [-0.2, 0) is 25.5 Å². The van der Waals surface area contributed by atoms with Crippen LogP contribution in [0.15, 0.2) is 24.3 Å². The lowest BCUT2D eigenvalue weighted by atomic mass is 9.87. The lowest BCUT2D eigenvalue weighted by molar-refractivity contribution is 0.273. The molecule has 2 aliphatic rings. The van der Waals surface area contributed by atoms with Crippen molar-refractivity contribution in [3.8, 4) is 0 Å². The zero-order valence-electron chi connectivity index (χ0n) is 15.4. The first-order valence-electron chi connectivity index (χ1n) is 8.80. The standard InChI is InChI=1S/C17H27N3O4S2/c1-4-17(13-6-5-7-14(10-13)19-26(3,23)24)15-11-20(12-16(15)17)9-8-18-25(2,21)22/h5-7,10,15-16,18-19H,4,8-9,11-12H2,1-3H3. The van der Waals surface area contributed by atoms with Gasteiger partial charge in [0.05, 0.1) is 12.5 Å². The molecule has 1 heterocycles. The van der Waals surface area contributed by atoms with E-state index < -0.39 is 20.0 Å². The average molecular weight is 402 g/mol. The number of likely N-dealkylation sites (tertiary alicyclic amines) is 1. The van der Waals surface area contributed by atoms with E-state index in [9.17, 15) is 16.8 Å². The Hall–Kier alpha value is -1.16. The number of piperidine rings is 1.